The molecule has 0 aromatic heterocycles. The van der Waals surface area contributed by atoms with Gasteiger partial charge in [-0.1, -0.05) is 60.1 Å². The molecular formula is C30H48O3. The summed E-state index contributed by atoms with van der Waals surface area (Å²) in [6, 6.07) is 0. The van der Waals surface area contributed by atoms with E-state index in [0.717, 1.165) is 57.7 Å². The molecule has 0 aromatic carbocycles. The van der Waals surface area contributed by atoms with Crippen molar-refractivity contribution >= 4 is 6.29 Å². The normalized spacial score (nSPS) is 57.6. The van der Waals surface area contributed by atoms with E-state index in [1.54, 1.807) is 5.57 Å². The lowest BCUT2D eigenvalue weighted by Crippen LogP contribution is -2.65. The van der Waals surface area contributed by atoms with Crippen molar-refractivity contribution in [3.63, 3.8) is 0 Å². The molecule has 5 aliphatic rings. The van der Waals surface area contributed by atoms with Gasteiger partial charge in [0.2, 0.25) is 0 Å². The largest absolute Gasteiger partial charge is 0.393 e. The zero-order chi connectivity index (χ0) is 24.2. The first-order valence-corrected chi connectivity index (χ1v) is 13.7. The van der Waals surface area contributed by atoms with Crippen LogP contribution in [0.1, 0.15) is 106 Å². The summed E-state index contributed by atoms with van der Waals surface area (Å²) in [5, 5.41) is 22.1. The first-order valence-electron chi connectivity index (χ1n) is 13.7. The Balaban J connectivity index is 1.59. The minimum Gasteiger partial charge on any atom is -0.393 e. The Morgan fingerprint density at radius 3 is 2.18 bits per heavy atom. The van der Waals surface area contributed by atoms with Crippen LogP contribution < -0.4 is 0 Å². The molecule has 0 aromatic rings. The Hall–Kier alpha value is -0.670. The van der Waals surface area contributed by atoms with E-state index in [4.69, 9.17) is 0 Å². The second kappa shape index (κ2) is 6.96. The van der Waals surface area contributed by atoms with E-state index < -0.39 is 11.5 Å². The van der Waals surface area contributed by atoms with Crippen LogP contribution in [0.2, 0.25) is 0 Å². The van der Waals surface area contributed by atoms with Gasteiger partial charge in [0.1, 0.15) is 6.29 Å². The maximum atomic E-state index is 12.3. The molecule has 0 amide bonds. The van der Waals surface area contributed by atoms with Crippen LogP contribution in [0.25, 0.3) is 0 Å². The van der Waals surface area contributed by atoms with Gasteiger partial charge in [-0.3, -0.25) is 0 Å². The van der Waals surface area contributed by atoms with E-state index in [1.165, 1.54) is 6.42 Å². The Labute approximate surface area is 201 Å². The number of allylic oxidation sites excluding steroid dienone is 2. The van der Waals surface area contributed by atoms with Crippen LogP contribution in [-0.2, 0) is 4.79 Å². The van der Waals surface area contributed by atoms with Gasteiger partial charge in [0, 0.05) is 5.41 Å². The SMILES string of the molecule is CC1(C)C[C@@H](O)[C@]2(C)CC[C@]3(C)C(=CC[C@@H]4[C@@]5(C)CC[C@H](O)[C@](C)(C=O)[C@@H]5CC[C@]43C)[C@@H]2C1. The summed E-state index contributed by atoms with van der Waals surface area (Å²) in [5.74, 6) is 1.26. The number of aliphatic hydroxyl groups excluding tert-OH is 2. The van der Waals surface area contributed by atoms with Crippen molar-refractivity contribution in [3.05, 3.63) is 11.6 Å². The predicted octanol–water partition coefficient (Wildman–Crippen LogP) is 6.32. The molecule has 0 saturated heterocycles. The molecule has 10 atom stereocenters. The summed E-state index contributed by atoms with van der Waals surface area (Å²) in [6.07, 6.45) is 12.3. The smallest absolute Gasteiger partial charge is 0.128 e. The van der Waals surface area contributed by atoms with Crippen molar-refractivity contribution in [1.29, 1.82) is 0 Å². The van der Waals surface area contributed by atoms with Crippen molar-refractivity contribution in [1.82, 2.24) is 0 Å². The number of fused-ring (bicyclic) bond motifs is 7. The molecule has 0 bridgehead atoms. The molecule has 4 saturated carbocycles. The van der Waals surface area contributed by atoms with E-state index in [2.05, 4.69) is 47.6 Å². The fraction of sp³-hybridized carbons (Fsp3) is 0.900. The summed E-state index contributed by atoms with van der Waals surface area (Å²) in [4.78, 5) is 12.3. The Kier molecular flexibility index (Phi) is 5.07. The first-order chi connectivity index (χ1) is 15.2. The van der Waals surface area contributed by atoms with E-state index in [9.17, 15) is 15.0 Å². The summed E-state index contributed by atoms with van der Waals surface area (Å²) >= 11 is 0. The minimum atomic E-state index is -0.623. The van der Waals surface area contributed by atoms with Gasteiger partial charge in [-0.15, -0.1) is 0 Å². The molecule has 0 heterocycles. The van der Waals surface area contributed by atoms with E-state index in [0.29, 0.717) is 11.8 Å². The van der Waals surface area contributed by atoms with Crippen LogP contribution in [0.5, 0.6) is 0 Å². The summed E-state index contributed by atoms with van der Waals surface area (Å²) in [7, 11) is 0. The van der Waals surface area contributed by atoms with Gasteiger partial charge in [-0.05, 0) is 97.2 Å². The molecule has 0 aliphatic heterocycles. The molecule has 5 rings (SSSR count). The monoisotopic (exact) mass is 456 g/mol. The third-order valence-electron chi connectivity index (χ3n) is 13.1. The molecule has 4 fully saturated rings. The molecule has 2 N–H and O–H groups in total. The standard InChI is InChI=1S/C30H48O3/c1-25(2)16-20-19-8-9-22-27(4)12-11-23(32)28(5,18-31)21(27)10-13-30(22,7)29(19,6)15-14-26(20,3)24(33)17-25/h8,18,20-24,32-33H,9-17H2,1-7H3/t20-,21+,22+,23-,24+,26+,27-,28+,29+,30+/m0/s1. The number of aliphatic hydroxyl groups is 2. The van der Waals surface area contributed by atoms with Crippen LogP contribution in [0.15, 0.2) is 11.6 Å². The second-order valence-electron chi connectivity index (χ2n) is 15.0. The Morgan fingerprint density at radius 1 is 0.818 bits per heavy atom. The number of aldehydes is 1. The predicted molar refractivity (Wildman–Crippen MR) is 132 cm³/mol. The minimum absolute atomic E-state index is 0.00377. The Morgan fingerprint density at radius 2 is 1.52 bits per heavy atom. The van der Waals surface area contributed by atoms with Crippen molar-refractivity contribution in [3.8, 4) is 0 Å². The van der Waals surface area contributed by atoms with Crippen molar-refractivity contribution < 1.29 is 15.0 Å². The maximum Gasteiger partial charge on any atom is 0.128 e. The highest BCUT2D eigenvalue weighted by atomic mass is 16.3. The maximum absolute atomic E-state index is 12.3. The highest BCUT2D eigenvalue weighted by molar-refractivity contribution is 5.61. The third-order valence-corrected chi connectivity index (χ3v) is 13.1. The van der Waals surface area contributed by atoms with Gasteiger partial charge in [0.15, 0.2) is 0 Å². The number of carbonyl (C=O) groups excluding carboxylic acids is 1. The fourth-order valence-corrected chi connectivity index (χ4v) is 10.6. The van der Waals surface area contributed by atoms with Crippen molar-refractivity contribution in [2.24, 2.45) is 50.2 Å². The van der Waals surface area contributed by atoms with Crippen LogP contribution >= 0.6 is 0 Å². The van der Waals surface area contributed by atoms with Gasteiger partial charge < -0.3 is 15.0 Å². The topological polar surface area (TPSA) is 57.5 Å². The summed E-state index contributed by atoms with van der Waals surface area (Å²) in [5.41, 5.74) is 1.63. The molecule has 3 heteroatoms. The number of rotatable bonds is 1. The van der Waals surface area contributed by atoms with Crippen LogP contribution in [0.3, 0.4) is 0 Å². The molecule has 0 unspecified atom stereocenters. The highest BCUT2D eigenvalue weighted by Gasteiger charge is 2.69. The van der Waals surface area contributed by atoms with Gasteiger partial charge in [0.05, 0.1) is 17.6 Å². The lowest BCUT2D eigenvalue weighted by atomic mass is 9.33. The van der Waals surface area contributed by atoms with Crippen LogP contribution in [-0.4, -0.2) is 28.7 Å². The molecule has 33 heavy (non-hydrogen) atoms. The number of hydrogen-bond acceptors (Lipinski definition) is 3. The lowest BCUT2D eigenvalue weighted by molar-refractivity contribution is -0.206. The molecule has 5 aliphatic carbocycles. The summed E-state index contributed by atoms with van der Waals surface area (Å²) in [6.45, 7) is 16.7. The highest BCUT2D eigenvalue weighted by Crippen LogP contribution is 2.75. The Bertz CT molecular complexity index is 876. The third kappa shape index (κ3) is 2.85. The van der Waals surface area contributed by atoms with Gasteiger partial charge in [-0.2, -0.15) is 0 Å². The average Bonchev–Trinajstić information content (AvgIpc) is 2.73. The molecular weight excluding hydrogens is 408 g/mol. The lowest BCUT2D eigenvalue weighted by Gasteiger charge is -2.71. The zero-order valence-electron chi connectivity index (χ0n) is 22.2. The quantitative estimate of drug-likeness (QED) is 0.359. The van der Waals surface area contributed by atoms with Crippen LogP contribution in [0, 0.1) is 50.2 Å². The van der Waals surface area contributed by atoms with Crippen LogP contribution in [0.4, 0.5) is 0 Å². The van der Waals surface area contributed by atoms with Gasteiger partial charge in [-0.25, -0.2) is 0 Å². The molecule has 0 spiro atoms. The second-order valence-corrected chi connectivity index (χ2v) is 15.0. The number of hydrogen-bond donors (Lipinski definition) is 2. The zero-order valence-corrected chi connectivity index (χ0v) is 22.2. The van der Waals surface area contributed by atoms with E-state index in [1.807, 2.05) is 6.92 Å². The van der Waals surface area contributed by atoms with Crippen molar-refractivity contribution in [2.45, 2.75) is 118 Å². The average molecular weight is 457 g/mol. The van der Waals surface area contributed by atoms with E-state index >= 15 is 0 Å². The summed E-state index contributed by atoms with van der Waals surface area (Å²) < 4.78 is 0. The van der Waals surface area contributed by atoms with Gasteiger partial charge >= 0.3 is 0 Å². The first kappa shape index (κ1) is 24.0. The molecule has 186 valence electrons. The number of carbonyl (C=O) groups is 1. The van der Waals surface area contributed by atoms with E-state index in [-0.39, 0.29) is 39.1 Å². The fourth-order valence-electron chi connectivity index (χ4n) is 10.6. The molecule has 3 nitrogen and oxygen atoms in total. The molecule has 0 radical (unpaired) electrons. The van der Waals surface area contributed by atoms with Crippen molar-refractivity contribution in [2.75, 3.05) is 0 Å². The van der Waals surface area contributed by atoms with Gasteiger partial charge in [0.25, 0.3) is 0 Å².